The number of carbonyl (C=O) groups excluding carboxylic acids is 1. The van der Waals surface area contributed by atoms with Crippen molar-refractivity contribution in [2.45, 2.75) is 13.3 Å². The van der Waals surface area contributed by atoms with Crippen LogP contribution in [-0.2, 0) is 0 Å². The molecule has 0 aliphatic heterocycles. The molecule has 1 amide bonds. The fourth-order valence-electron chi connectivity index (χ4n) is 2.11. The molecule has 2 aromatic heterocycles. The summed E-state index contributed by atoms with van der Waals surface area (Å²) < 4.78 is 5.67. The third-order valence-corrected chi connectivity index (χ3v) is 3.29. The number of carbonyl (C=O) groups is 1. The molecule has 130 valence electrons. The molecule has 0 saturated heterocycles. The SMILES string of the molecule is CCCOc1cc(C(=O)Nc2nnn[nH]2)nc(-c2ccc(N)cc2)c1.[NaH]. The number of hydrogen-bond donors (Lipinski definition) is 3. The first-order chi connectivity index (χ1) is 12.2. The van der Waals surface area contributed by atoms with E-state index in [0.29, 0.717) is 23.7 Å². The number of pyridine rings is 1. The van der Waals surface area contributed by atoms with E-state index in [1.54, 1.807) is 24.3 Å². The van der Waals surface area contributed by atoms with Crippen LogP contribution in [0.4, 0.5) is 11.6 Å². The Bertz CT molecular complexity index is 854. The summed E-state index contributed by atoms with van der Waals surface area (Å²) in [5.41, 5.74) is 8.00. The fourth-order valence-corrected chi connectivity index (χ4v) is 2.11. The van der Waals surface area contributed by atoms with Crippen molar-refractivity contribution in [3.8, 4) is 17.0 Å². The molecule has 26 heavy (non-hydrogen) atoms. The first kappa shape index (κ1) is 19.8. The summed E-state index contributed by atoms with van der Waals surface area (Å²) in [6.07, 6.45) is 0.852. The number of nitrogens with two attached hydrogens (primary N) is 1. The van der Waals surface area contributed by atoms with Gasteiger partial charge in [0.1, 0.15) is 11.4 Å². The third-order valence-electron chi connectivity index (χ3n) is 3.29. The normalized spacial score (nSPS) is 10.0. The predicted molar refractivity (Wildman–Crippen MR) is 99.2 cm³/mol. The average molecular weight is 363 g/mol. The van der Waals surface area contributed by atoms with E-state index in [0.717, 1.165) is 12.0 Å². The molecule has 3 aromatic rings. The molecule has 0 fully saturated rings. The number of anilines is 2. The summed E-state index contributed by atoms with van der Waals surface area (Å²) in [7, 11) is 0. The molecule has 1 aromatic carbocycles. The first-order valence-electron chi connectivity index (χ1n) is 7.71. The molecule has 10 heteroatoms. The van der Waals surface area contributed by atoms with Crippen LogP contribution < -0.4 is 15.8 Å². The van der Waals surface area contributed by atoms with E-state index in [1.807, 2.05) is 19.1 Å². The van der Waals surface area contributed by atoms with Gasteiger partial charge in [-0.2, -0.15) is 0 Å². The van der Waals surface area contributed by atoms with Crippen LogP contribution in [0.15, 0.2) is 36.4 Å². The molecule has 9 nitrogen and oxygen atoms in total. The van der Waals surface area contributed by atoms with E-state index in [2.05, 4.69) is 30.9 Å². The molecule has 0 spiro atoms. The molecule has 4 N–H and O–H groups in total. The number of nitrogen functional groups attached to an aromatic ring is 1. The molecule has 0 radical (unpaired) electrons. The standard InChI is InChI=1S/C16H17N7O2.Na.H/c1-2-7-25-12-8-13(10-3-5-11(17)6-4-10)18-14(9-12)15(24)19-16-20-22-23-21-16;;/h3-6,8-9H,2,7,17H2,1H3,(H2,19,20,21,22,23,24);;. The van der Waals surface area contributed by atoms with E-state index >= 15 is 0 Å². The van der Waals surface area contributed by atoms with Gasteiger partial charge in [0.25, 0.3) is 5.91 Å². The van der Waals surface area contributed by atoms with Crippen LogP contribution >= 0.6 is 0 Å². The van der Waals surface area contributed by atoms with Crippen LogP contribution in [0.1, 0.15) is 23.8 Å². The van der Waals surface area contributed by atoms with Crippen LogP contribution in [0.25, 0.3) is 11.3 Å². The Balaban J connectivity index is 0.00000243. The van der Waals surface area contributed by atoms with Gasteiger partial charge in [0, 0.05) is 23.4 Å². The van der Waals surface area contributed by atoms with Gasteiger partial charge in [-0.15, -0.1) is 0 Å². The van der Waals surface area contributed by atoms with Crippen molar-refractivity contribution in [2.75, 3.05) is 17.7 Å². The van der Waals surface area contributed by atoms with Gasteiger partial charge in [0.15, 0.2) is 0 Å². The Labute approximate surface area is 172 Å². The molecular formula is C16H18N7NaO2. The molecule has 0 unspecified atom stereocenters. The molecule has 0 atom stereocenters. The summed E-state index contributed by atoms with van der Waals surface area (Å²) in [5, 5.41) is 15.4. The van der Waals surface area contributed by atoms with Gasteiger partial charge in [-0.3, -0.25) is 10.1 Å². The minimum absolute atomic E-state index is 0. The zero-order valence-electron chi connectivity index (χ0n) is 13.6. The van der Waals surface area contributed by atoms with E-state index in [9.17, 15) is 4.79 Å². The van der Waals surface area contributed by atoms with Crippen LogP contribution in [0, 0.1) is 0 Å². The van der Waals surface area contributed by atoms with Crippen LogP contribution in [0.2, 0.25) is 0 Å². The van der Waals surface area contributed by atoms with Gasteiger partial charge in [-0.25, -0.2) is 10.1 Å². The number of nitrogens with one attached hydrogen (secondary N) is 2. The van der Waals surface area contributed by atoms with Crippen molar-refractivity contribution in [3.63, 3.8) is 0 Å². The summed E-state index contributed by atoms with van der Waals surface area (Å²) in [5.74, 6) is 0.252. The zero-order chi connectivity index (χ0) is 17.6. The zero-order valence-corrected chi connectivity index (χ0v) is 13.6. The van der Waals surface area contributed by atoms with Gasteiger partial charge in [0.2, 0.25) is 5.95 Å². The number of benzene rings is 1. The number of ether oxygens (including phenoxy) is 1. The average Bonchev–Trinajstić information content (AvgIpc) is 3.13. The Kier molecular flexibility index (Phi) is 7.07. The van der Waals surface area contributed by atoms with Gasteiger partial charge in [-0.05, 0) is 29.0 Å². The number of amides is 1. The van der Waals surface area contributed by atoms with E-state index in [4.69, 9.17) is 10.5 Å². The fraction of sp³-hybridized carbons (Fsp3) is 0.188. The van der Waals surface area contributed by atoms with Gasteiger partial charge in [-0.1, -0.05) is 24.2 Å². The molecule has 0 aliphatic carbocycles. The number of rotatable bonds is 6. The van der Waals surface area contributed by atoms with Gasteiger partial charge in [0.05, 0.1) is 12.3 Å². The van der Waals surface area contributed by atoms with Crippen LogP contribution in [0.5, 0.6) is 5.75 Å². The van der Waals surface area contributed by atoms with Gasteiger partial charge < -0.3 is 10.5 Å². The second-order valence-electron chi connectivity index (χ2n) is 5.25. The Morgan fingerprint density at radius 1 is 1.27 bits per heavy atom. The Morgan fingerprint density at radius 3 is 2.69 bits per heavy atom. The summed E-state index contributed by atoms with van der Waals surface area (Å²) >= 11 is 0. The van der Waals surface area contributed by atoms with Crippen molar-refractivity contribution < 1.29 is 9.53 Å². The Hall–Kier alpha value is -2.49. The van der Waals surface area contributed by atoms with Crippen molar-refractivity contribution >= 4 is 47.1 Å². The number of hydrogen-bond acceptors (Lipinski definition) is 7. The molecule has 2 heterocycles. The summed E-state index contributed by atoms with van der Waals surface area (Å²) in [4.78, 5) is 16.8. The number of nitrogens with zero attached hydrogens (tertiary/aromatic N) is 4. The quantitative estimate of drug-likeness (QED) is 0.443. The molecule has 0 bridgehead atoms. The summed E-state index contributed by atoms with van der Waals surface area (Å²) in [6, 6.07) is 10.6. The molecule has 0 saturated carbocycles. The number of aromatic nitrogens is 5. The van der Waals surface area contributed by atoms with E-state index in [1.165, 1.54) is 0 Å². The molecule has 0 aliphatic rings. The number of tetrazole rings is 1. The minimum atomic E-state index is -0.447. The van der Waals surface area contributed by atoms with Crippen molar-refractivity contribution in [2.24, 2.45) is 0 Å². The third kappa shape index (κ3) is 5.01. The van der Waals surface area contributed by atoms with Crippen molar-refractivity contribution in [3.05, 3.63) is 42.1 Å². The van der Waals surface area contributed by atoms with Crippen molar-refractivity contribution in [1.29, 1.82) is 0 Å². The van der Waals surface area contributed by atoms with Gasteiger partial charge >= 0.3 is 29.6 Å². The maximum absolute atomic E-state index is 12.4. The maximum atomic E-state index is 12.4. The Morgan fingerprint density at radius 2 is 2.04 bits per heavy atom. The first-order valence-corrected chi connectivity index (χ1v) is 7.71. The van der Waals surface area contributed by atoms with Crippen molar-refractivity contribution in [1.82, 2.24) is 25.6 Å². The number of H-pyrrole nitrogens is 1. The number of aromatic amines is 1. The van der Waals surface area contributed by atoms with Crippen LogP contribution in [0.3, 0.4) is 0 Å². The van der Waals surface area contributed by atoms with E-state index < -0.39 is 5.91 Å². The second kappa shape index (κ2) is 9.27. The molecule has 3 rings (SSSR count). The predicted octanol–water partition coefficient (Wildman–Crippen LogP) is 1.24. The molecular weight excluding hydrogens is 345 g/mol. The summed E-state index contributed by atoms with van der Waals surface area (Å²) in [6.45, 7) is 2.55. The second-order valence-corrected chi connectivity index (χ2v) is 5.25. The van der Waals surface area contributed by atoms with E-state index in [-0.39, 0.29) is 41.2 Å². The monoisotopic (exact) mass is 363 g/mol. The van der Waals surface area contributed by atoms with Crippen LogP contribution in [-0.4, -0.2) is 67.7 Å². The topological polar surface area (TPSA) is 132 Å².